The fraction of sp³-hybridized carbons (Fsp3) is 0.222. The van der Waals surface area contributed by atoms with Gasteiger partial charge in [0.1, 0.15) is 5.75 Å². The Morgan fingerprint density at radius 3 is 3.00 bits per heavy atom. The van der Waals surface area contributed by atoms with Crippen LogP contribution in [-0.2, 0) is 0 Å². The van der Waals surface area contributed by atoms with Crippen LogP contribution in [0.15, 0.2) is 17.6 Å². The molecule has 0 aliphatic heterocycles. The number of ether oxygens (including phenoxy) is 1. The van der Waals surface area contributed by atoms with Crippen LogP contribution in [0.4, 0.5) is 0 Å². The molecular weight excluding hydrogens is 170 g/mol. The Morgan fingerprint density at radius 1 is 1.42 bits per heavy atom. The van der Waals surface area contributed by atoms with Crippen molar-refractivity contribution in [3.63, 3.8) is 0 Å². The maximum absolute atomic E-state index is 5.19. The van der Waals surface area contributed by atoms with E-state index in [1.165, 1.54) is 4.70 Å². The standard InChI is InChI=1S/C9H9NOS/c1-6-3-9-7(10-5-12-9)4-8(6)11-2/h3-5H,1-2H3. The first-order valence-corrected chi connectivity index (χ1v) is 4.57. The summed E-state index contributed by atoms with van der Waals surface area (Å²) >= 11 is 1.65. The van der Waals surface area contributed by atoms with Crippen LogP contribution in [-0.4, -0.2) is 12.1 Å². The highest BCUT2D eigenvalue weighted by molar-refractivity contribution is 7.16. The molecule has 1 aromatic carbocycles. The van der Waals surface area contributed by atoms with Crippen molar-refractivity contribution in [1.29, 1.82) is 0 Å². The summed E-state index contributed by atoms with van der Waals surface area (Å²) in [7, 11) is 1.68. The van der Waals surface area contributed by atoms with Crippen LogP contribution in [0.2, 0.25) is 0 Å². The lowest BCUT2D eigenvalue weighted by molar-refractivity contribution is 0.412. The zero-order valence-corrected chi connectivity index (χ0v) is 7.81. The highest BCUT2D eigenvalue weighted by Crippen LogP contribution is 2.26. The summed E-state index contributed by atoms with van der Waals surface area (Å²) in [5, 5.41) is 0. The van der Waals surface area contributed by atoms with E-state index in [1.54, 1.807) is 18.4 Å². The highest BCUT2D eigenvalue weighted by atomic mass is 32.1. The van der Waals surface area contributed by atoms with Gasteiger partial charge in [-0.1, -0.05) is 0 Å². The van der Waals surface area contributed by atoms with Crippen molar-refractivity contribution in [3.05, 3.63) is 23.2 Å². The van der Waals surface area contributed by atoms with Gasteiger partial charge in [-0.2, -0.15) is 0 Å². The van der Waals surface area contributed by atoms with Gasteiger partial charge in [0, 0.05) is 6.07 Å². The lowest BCUT2D eigenvalue weighted by atomic mass is 10.2. The summed E-state index contributed by atoms with van der Waals surface area (Å²) in [5.41, 5.74) is 4.03. The molecule has 1 heterocycles. The smallest absolute Gasteiger partial charge is 0.124 e. The summed E-state index contributed by atoms with van der Waals surface area (Å²) < 4.78 is 6.40. The van der Waals surface area contributed by atoms with Crippen LogP contribution < -0.4 is 4.74 Å². The quantitative estimate of drug-likeness (QED) is 0.671. The molecule has 0 saturated heterocycles. The fourth-order valence-electron chi connectivity index (χ4n) is 1.21. The molecule has 2 aromatic rings. The molecule has 2 nitrogen and oxygen atoms in total. The van der Waals surface area contributed by atoms with Crippen molar-refractivity contribution < 1.29 is 4.74 Å². The predicted molar refractivity (Wildman–Crippen MR) is 50.9 cm³/mol. The molecule has 0 aliphatic rings. The lowest BCUT2D eigenvalue weighted by Crippen LogP contribution is -1.85. The second-order valence-electron chi connectivity index (χ2n) is 2.64. The van der Waals surface area contributed by atoms with Crippen molar-refractivity contribution in [2.45, 2.75) is 6.92 Å². The van der Waals surface area contributed by atoms with E-state index < -0.39 is 0 Å². The minimum absolute atomic E-state index is 0.911. The van der Waals surface area contributed by atoms with Gasteiger partial charge >= 0.3 is 0 Å². The van der Waals surface area contributed by atoms with E-state index in [0.29, 0.717) is 0 Å². The first-order valence-electron chi connectivity index (χ1n) is 3.69. The third-order valence-corrected chi connectivity index (χ3v) is 2.64. The molecule has 0 unspecified atom stereocenters. The van der Waals surface area contributed by atoms with Gasteiger partial charge in [0.25, 0.3) is 0 Å². The number of benzene rings is 1. The summed E-state index contributed by atoms with van der Waals surface area (Å²) in [6, 6.07) is 4.08. The average Bonchev–Trinajstić information content (AvgIpc) is 2.49. The van der Waals surface area contributed by atoms with Gasteiger partial charge in [0.2, 0.25) is 0 Å². The molecule has 0 amide bonds. The topological polar surface area (TPSA) is 22.1 Å². The Morgan fingerprint density at radius 2 is 2.25 bits per heavy atom. The number of aryl methyl sites for hydroxylation is 1. The van der Waals surface area contributed by atoms with Gasteiger partial charge in [-0.05, 0) is 18.6 Å². The SMILES string of the molecule is COc1cc2ncsc2cc1C. The van der Waals surface area contributed by atoms with Crippen LogP contribution in [0.25, 0.3) is 10.2 Å². The monoisotopic (exact) mass is 179 g/mol. The summed E-state index contributed by atoms with van der Waals surface area (Å²) in [6.07, 6.45) is 0. The van der Waals surface area contributed by atoms with Gasteiger partial charge in [-0.25, -0.2) is 4.98 Å². The van der Waals surface area contributed by atoms with Crippen molar-refractivity contribution in [1.82, 2.24) is 4.98 Å². The first kappa shape index (κ1) is 7.55. The Labute approximate surface area is 74.8 Å². The maximum Gasteiger partial charge on any atom is 0.124 e. The van der Waals surface area contributed by atoms with Gasteiger partial charge in [0.05, 0.1) is 22.8 Å². The minimum Gasteiger partial charge on any atom is -0.496 e. The number of methoxy groups -OCH3 is 1. The molecular formula is C9H9NOS. The maximum atomic E-state index is 5.19. The second-order valence-corrected chi connectivity index (χ2v) is 3.53. The number of fused-ring (bicyclic) bond motifs is 1. The van der Waals surface area contributed by atoms with Gasteiger partial charge in [-0.3, -0.25) is 0 Å². The van der Waals surface area contributed by atoms with Gasteiger partial charge in [0.15, 0.2) is 0 Å². The van der Waals surface area contributed by atoms with E-state index in [4.69, 9.17) is 4.74 Å². The van der Waals surface area contributed by atoms with Crippen molar-refractivity contribution in [2.75, 3.05) is 7.11 Å². The number of aromatic nitrogens is 1. The molecule has 1 aromatic heterocycles. The molecule has 0 saturated carbocycles. The molecule has 62 valence electrons. The molecule has 3 heteroatoms. The molecule has 0 radical (unpaired) electrons. The minimum atomic E-state index is 0.911. The normalized spacial score (nSPS) is 10.5. The van der Waals surface area contributed by atoms with Crippen molar-refractivity contribution in [2.24, 2.45) is 0 Å². The number of hydrogen-bond acceptors (Lipinski definition) is 3. The van der Waals surface area contributed by atoms with E-state index in [1.807, 2.05) is 18.5 Å². The first-order chi connectivity index (χ1) is 5.81. The molecule has 0 fully saturated rings. The van der Waals surface area contributed by atoms with Crippen LogP contribution in [0.3, 0.4) is 0 Å². The zero-order valence-electron chi connectivity index (χ0n) is 7.00. The molecule has 0 aliphatic carbocycles. The van der Waals surface area contributed by atoms with E-state index in [9.17, 15) is 0 Å². The molecule has 0 N–H and O–H groups in total. The van der Waals surface area contributed by atoms with E-state index in [0.717, 1.165) is 16.8 Å². The third-order valence-electron chi connectivity index (χ3n) is 1.85. The number of thiazole rings is 1. The van der Waals surface area contributed by atoms with Crippen molar-refractivity contribution in [3.8, 4) is 5.75 Å². The van der Waals surface area contributed by atoms with Crippen LogP contribution in [0.5, 0.6) is 5.75 Å². The average molecular weight is 179 g/mol. The van der Waals surface area contributed by atoms with Crippen molar-refractivity contribution >= 4 is 21.6 Å². The number of rotatable bonds is 1. The molecule has 0 spiro atoms. The second kappa shape index (κ2) is 2.75. The van der Waals surface area contributed by atoms with Gasteiger partial charge in [-0.15, -0.1) is 11.3 Å². The third kappa shape index (κ3) is 1.06. The summed E-state index contributed by atoms with van der Waals surface area (Å²) in [6.45, 7) is 2.04. The fourth-order valence-corrected chi connectivity index (χ4v) is 1.96. The largest absolute Gasteiger partial charge is 0.496 e. The molecule has 2 rings (SSSR count). The lowest BCUT2D eigenvalue weighted by Gasteiger charge is -2.02. The van der Waals surface area contributed by atoms with Gasteiger partial charge < -0.3 is 4.74 Å². The number of nitrogens with zero attached hydrogens (tertiary/aromatic N) is 1. The molecule has 0 bridgehead atoms. The Balaban J connectivity index is 2.73. The van der Waals surface area contributed by atoms with Crippen LogP contribution in [0.1, 0.15) is 5.56 Å². The molecule has 0 atom stereocenters. The Hall–Kier alpha value is -1.09. The van der Waals surface area contributed by atoms with Crippen LogP contribution in [0, 0.1) is 6.92 Å². The number of hydrogen-bond donors (Lipinski definition) is 0. The van der Waals surface area contributed by atoms with E-state index in [-0.39, 0.29) is 0 Å². The van der Waals surface area contributed by atoms with E-state index in [2.05, 4.69) is 11.1 Å². The predicted octanol–water partition coefficient (Wildman–Crippen LogP) is 2.61. The molecule has 12 heavy (non-hydrogen) atoms. The van der Waals surface area contributed by atoms with Crippen LogP contribution >= 0.6 is 11.3 Å². The summed E-state index contributed by atoms with van der Waals surface area (Å²) in [4.78, 5) is 4.21. The Bertz CT molecular complexity index is 408. The summed E-state index contributed by atoms with van der Waals surface area (Å²) in [5.74, 6) is 0.911. The Kier molecular flexibility index (Phi) is 1.73. The zero-order chi connectivity index (χ0) is 8.55. The van der Waals surface area contributed by atoms with E-state index >= 15 is 0 Å². The highest BCUT2D eigenvalue weighted by Gasteiger charge is 2.02.